The third-order valence-electron chi connectivity index (χ3n) is 4.37. The summed E-state index contributed by atoms with van der Waals surface area (Å²) in [6, 6.07) is 13.5. The third kappa shape index (κ3) is 5.83. The molecule has 0 saturated heterocycles. The highest BCUT2D eigenvalue weighted by Crippen LogP contribution is 2.22. The summed E-state index contributed by atoms with van der Waals surface area (Å²) in [6.07, 6.45) is 0. The molecule has 32 heavy (non-hydrogen) atoms. The first-order valence-corrected chi connectivity index (χ1v) is 11.3. The molecule has 2 aromatic carbocycles. The molecule has 0 aliphatic carbocycles. The average molecular weight is 474 g/mol. The van der Waals surface area contributed by atoms with Crippen molar-refractivity contribution in [1.29, 1.82) is 0 Å². The molecule has 0 unspecified atom stereocenters. The maximum atomic E-state index is 12.7. The molecule has 0 bridgehead atoms. The van der Waals surface area contributed by atoms with E-state index >= 15 is 0 Å². The number of sulfonamides is 1. The maximum absolute atomic E-state index is 12.7. The van der Waals surface area contributed by atoms with Crippen LogP contribution in [-0.2, 0) is 10.0 Å². The quantitative estimate of drug-likeness (QED) is 0.442. The smallest absolute Gasteiger partial charge is 0.321 e. The van der Waals surface area contributed by atoms with Crippen LogP contribution in [0, 0.1) is 13.8 Å². The number of aromatic nitrogens is 2. The van der Waals surface area contributed by atoms with Crippen LogP contribution in [0.3, 0.4) is 0 Å². The normalized spacial score (nSPS) is 10.9. The van der Waals surface area contributed by atoms with Crippen LogP contribution >= 0.6 is 12.2 Å². The third-order valence-corrected chi connectivity index (χ3v) is 5.94. The number of methoxy groups -OCH3 is 2. The van der Waals surface area contributed by atoms with Gasteiger partial charge in [-0.2, -0.15) is 9.97 Å². The minimum absolute atomic E-state index is 0.0218. The van der Waals surface area contributed by atoms with E-state index in [0.29, 0.717) is 10.8 Å². The van der Waals surface area contributed by atoms with Crippen molar-refractivity contribution in [2.24, 2.45) is 0 Å². The van der Waals surface area contributed by atoms with Crippen molar-refractivity contribution < 1.29 is 17.9 Å². The molecule has 0 fully saturated rings. The van der Waals surface area contributed by atoms with Crippen molar-refractivity contribution in [2.75, 3.05) is 29.6 Å². The second-order valence-electron chi connectivity index (χ2n) is 6.81. The molecule has 168 valence electrons. The molecule has 3 aromatic rings. The topological polar surface area (TPSA) is 114 Å². The summed E-state index contributed by atoms with van der Waals surface area (Å²) in [4.78, 5) is 7.96. The van der Waals surface area contributed by atoms with Crippen molar-refractivity contribution in [1.82, 2.24) is 9.97 Å². The van der Waals surface area contributed by atoms with Gasteiger partial charge in [0.25, 0.3) is 10.0 Å². The number of hydrogen-bond donors (Lipinski definition) is 3. The van der Waals surface area contributed by atoms with Gasteiger partial charge in [0.1, 0.15) is 0 Å². The molecule has 11 heteroatoms. The van der Waals surface area contributed by atoms with Gasteiger partial charge in [-0.3, -0.25) is 4.72 Å². The van der Waals surface area contributed by atoms with Crippen LogP contribution in [0.1, 0.15) is 11.1 Å². The van der Waals surface area contributed by atoms with E-state index in [9.17, 15) is 8.42 Å². The van der Waals surface area contributed by atoms with Gasteiger partial charge in [0.15, 0.2) is 10.9 Å². The van der Waals surface area contributed by atoms with E-state index in [-0.39, 0.29) is 22.6 Å². The van der Waals surface area contributed by atoms with Crippen LogP contribution in [0.25, 0.3) is 0 Å². The summed E-state index contributed by atoms with van der Waals surface area (Å²) in [5, 5.41) is 6.57. The Morgan fingerprint density at radius 2 is 1.66 bits per heavy atom. The summed E-state index contributed by atoms with van der Waals surface area (Å²) >= 11 is 5.36. The minimum atomic E-state index is -3.89. The van der Waals surface area contributed by atoms with Crippen molar-refractivity contribution in [2.45, 2.75) is 18.7 Å². The summed E-state index contributed by atoms with van der Waals surface area (Å²) in [6.45, 7) is 4.02. The largest absolute Gasteiger partial charge is 0.481 e. The van der Waals surface area contributed by atoms with Crippen LogP contribution in [0.2, 0.25) is 0 Å². The number of benzene rings is 2. The first-order chi connectivity index (χ1) is 15.2. The molecule has 3 rings (SSSR count). The Bertz CT molecular complexity index is 1210. The minimum Gasteiger partial charge on any atom is -0.481 e. The van der Waals surface area contributed by atoms with Crippen molar-refractivity contribution in [3.63, 3.8) is 0 Å². The zero-order valence-electron chi connectivity index (χ0n) is 18.0. The Kier molecular flexibility index (Phi) is 7.11. The van der Waals surface area contributed by atoms with Gasteiger partial charge < -0.3 is 20.1 Å². The second-order valence-corrected chi connectivity index (χ2v) is 8.90. The highest BCUT2D eigenvalue weighted by molar-refractivity contribution is 7.92. The number of aryl methyl sites for hydroxylation is 2. The number of nitrogens with zero attached hydrogens (tertiary/aromatic N) is 2. The second kappa shape index (κ2) is 9.79. The van der Waals surface area contributed by atoms with Crippen molar-refractivity contribution >= 4 is 44.5 Å². The first kappa shape index (κ1) is 23.2. The molecule has 0 atom stereocenters. The average Bonchev–Trinajstić information content (AvgIpc) is 2.75. The number of nitrogens with one attached hydrogen (secondary N) is 3. The standard InChI is InChI=1S/C21H23N5O4S2/c1-13-5-10-17(14(2)11-13)23-21(31)22-15-6-8-16(9-7-15)32(27,28)26-18-12-19(29-3)25-20(24-18)30-4/h5-12H,1-4H3,(H2,22,23,31)(H,24,25,26). The summed E-state index contributed by atoms with van der Waals surface area (Å²) < 4.78 is 37.8. The molecule has 0 radical (unpaired) electrons. The Balaban J connectivity index is 1.69. The molecule has 0 saturated carbocycles. The van der Waals surface area contributed by atoms with Gasteiger partial charge in [0.2, 0.25) is 5.88 Å². The van der Waals surface area contributed by atoms with Gasteiger partial charge in [-0.25, -0.2) is 8.42 Å². The molecular formula is C21H23N5O4S2. The number of hydrogen-bond acceptors (Lipinski definition) is 7. The number of anilines is 3. The van der Waals surface area contributed by atoms with E-state index in [1.54, 1.807) is 12.1 Å². The molecule has 9 nitrogen and oxygen atoms in total. The van der Waals surface area contributed by atoms with E-state index < -0.39 is 10.0 Å². The van der Waals surface area contributed by atoms with Gasteiger partial charge in [-0.1, -0.05) is 17.7 Å². The zero-order valence-corrected chi connectivity index (χ0v) is 19.6. The lowest BCUT2D eigenvalue weighted by Crippen LogP contribution is -2.20. The Labute approximate surface area is 192 Å². The summed E-state index contributed by atoms with van der Waals surface area (Å²) in [5.74, 6) is 0.189. The SMILES string of the molecule is COc1cc(NS(=O)(=O)c2ccc(NC(=S)Nc3ccc(C)cc3C)cc2)nc(OC)n1. The fraction of sp³-hybridized carbons (Fsp3) is 0.190. The molecule has 0 aliphatic heterocycles. The monoisotopic (exact) mass is 473 g/mol. The van der Waals surface area contributed by atoms with E-state index in [1.165, 1.54) is 32.4 Å². The van der Waals surface area contributed by atoms with Crippen LogP contribution in [0.5, 0.6) is 11.9 Å². The molecule has 3 N–H and O–H groups in total. The molecule has 0 spiro atoms. The molecular weight excluding hydrogens is 450 g/mol. The first-order valence-electron chi connectivity index (χ1n) is 9.45. The fourth-order valence-electron chi connectivity index (χ4n) is 2.80. The fourth-order valence-corrected chi connectivity index (χ4v) is 4.02. The Hall–Kier alpha value is -3.44. The Morgan fingerprint density at radius 3 is 2.28 bits per heavy atom. The van der Waals surface area contributed by atoms with Gasteiger partial charge in [0, 0.05) is 17.4 Å². The summed E-state index contributed by atoms with van der Waals surface area (Å²) in [7, 11) is -1.11. The van der Waals surface area contributed by atoms with Gasteiger partial charge in [-0.15, -0.1) is 0 Å². The molecule has 1 aromatic heterocycles. The molecule has 1 heterocycles. The predicted molar refractivity (Wildman–Crippen MR) is 128 cm³/mol. The summed E-state index contributed by atoms with van der Waals surface area (Å²) in [5.41, 5.74) is 3.76. The van der Waals surface area contributed by atoms with Crippen LogP contribution in [0.15, 0.2) is 53.4 Å². The van der Waals surface area contributed by atoms with E-state index in [1.807, 2.05) is 26.0 Å². The van der Waals surface area contributed by atoms with Gasteiger partial charge in [0.05, 0.1) is 19.1 Å². The van der Waals surface area contributed by atoms with E-state index in [0.717, 1.165) is 16.8 Å². The van der Waals surface area contributed by atoms with Crippen LogP contribution in [-0.4, -0.2) is 37.7 Å². The highest BCUT2D eigenvalue weighted by Gasteiger charge is 2.17. The lowest BCUT2D eigenvalue weighted by atomic mass is 10.1. The molecule has 0 aliphatic rings. The van der Waals surface area contributed by atoms with E-state index in [4.69, 9.17) is 21.7 Å². The zero-order chi connectivity index (χ0) is 23.3. The van der Waals surface area contributed by atoms with E-state index in [2.05, 4.69) is 31.4 Å². The molecule has 0 amide bonds. The number of ether oxygens (including phenoxy) is 2. The van der Waals surface area contributed by atoms with Crippen molar-refractivity contribution in [3.05, 3.63) is 59.7 Å². The van der Waals surface area contributed by atoms with Crippen molar-refractivity contribution in [3.8, 4) is 11.9 Å². The number of rotatable bonds is 7. The van der Waals surface area contributed by atoms with Gasteiger partial charge >= 0.3 is 6.01 Å². The van der Waals surface area contributed by atoms with Gasteiger partial charge in [-0.05, 0) is 62.0 Å². The highest BCUT2D eigenvalue weighted by atomic mass is 32.2. The lowest BCUT2D eigenvalue weighted by Gasteiger charge is -2.14. The number of thiocarbonyl (C=S) groups is 1. The predicted octanol–water partition coefficient (Wildman–Crippen LogP) is 3.72. The Morgan fingerprint density at radius 1 is 0.938 bits per heavy atom. The lowest BCUT2D eigenvalue weighted by molar-refractivity contribution is 0.353. The van der Waals surface area contributed by atoms with Crippen LogP contribution in [0.4, 0.5) is 17.2 Å². The van der Waals surface area contributed by atoms with Crippen LogP contribution < -0.4 is 24.8 Å². The maximum Gasteiger partial charge on any atom is 0.321 e.